The largest absolute Gasteiger partial charge is 0.416 e. The van der Waals surface area contributed by atoms with Gasteiger partial charge in [-0.3, -0.25) is 9.78 Å². The van der Waals surface area contributed by atoms with Crippen LogP contribution in [0.2, 0.25) is 0 Å². The number of hydrogen-bond donors (Lipinski definition) is 1. The van der Waals surface area contributed by atoms with Gasteiger partial charge in [0, 0.05) is 34.9 Å². The second kappa shape index (κ2) is 10.3. The van der Waals surface area contributed by atoms with E-state index in [1.807, 2.05) is 6.07 Å². The van der Waals surface area contributed by atoms with E-state index in [0.29, 0.717) is 5.69 Å². The summed E-state index contributed by atoms with van der Waals surface area (Å²) in [4.78, 5) is 16.6. The lowest BCUT2D eigenvalue weighted by Gasteiger charge is -2.14. The molecule has 0 fully saturated rings. The molecule has 188 valence electrons. The summed E-state index contributed by atoms with van der Waals surface area (Å²) in [6.45, 7) is 0. The van der Waals surface area contributed by atoms with E-state index in [1.54, 1.807) is 30.6 Å². The number of hydrogen-bond acceptors (Lipinski definition) is 2. The Kier molecular flexibility index (Phi) is 7.15. The van der Waals surface area contributed by atoms with Gasteiger partial charge >= 0.3 is 12.4 Å². The van der Waals surface area contributed by atoms with Crippen molar-refractivity contribution in [1.29, 1.82) is 0 Å². The van der Waals surface area contributed by atoms with Crippen LogP contribution in [0.25, 0.3) is 16.3 Å². The van der Waals surface area contributed by atoms with E-state index in [4.69, 9.17) is 0 Å². The molecule has 0 unspecified atom stereocenters. The lowest BCUT2D eigenvalue weighted by molar-refractivity contribution is -0.138. The number of carbonyl (C=O) groups excluding carboxylic acids is 1. The number of amides is 1. The third-order valence-corrected chi connectivity index (χ3v) is 5.45. The third kappa shape index (κ3) is 6.24. The van der Waals surface area contributed by atoms with Gasteiger partial charge in [-0.25, -0.2) is 0 Å². The summed E-state index contributed by atoms with van der Waals surface area (Å²) < 4.78 is 79.7. The second-order valence-corrected chi connectivity index (χ2v) is 7.99. The molecular weight excluding hydrogens is 494 g/mol. The highest BCUT2D eigenvalue weighted by Gasteiger charge is 2.32. The van der Waals surface area contributed by atoms with Gasteiger partial charge in [-0.15, -0.1) is 0 Å². The molecule has 9 heteroatoms. The number of nitrogens with one attached hydrogen (secondary N) is 1. The SMILES string of the molecule is O=C(/C=C/C=C(c1cccc(C(F)(F)F)c1)c1cccc(C(F)(F)F)c1)Nc1cccc2cnccc12. The van der Waals surface area contributed by atoms with Crippen LogP contribution in [0.4, 0.5) is 32.0 Å². The van der Waals surface area contributed by atoms with Crippen LogP contribution < -0.4 is 5.32 Å². The minimum absolute atomic E-state index is 0.0424. The fourth-order valence-corrected chi connectivity index (χ4v) is 3.72. The summed E-state index contributed by atoms with van der Waals surface area (Å²) in [5.41, 5.74) is -1.21. The van der Waals surface area contributed by atoms with Crippen molar-refractivity contribution in [2.75, 3.05) is 5.32 Å². The maximum Gasteiger partial charge on any atom is 0.416 e. The normalized spacial score (nSPS) is 12.1. The Bertz CT molecular complexity index is 1440. The van der Waals surface area contributed by atoms with Gasteiger partial charge in [0.1, 0.15) is 0 Å². The average Bonchev–Trinajstić information content (AvgIpc) is 2.86. The number of carbonyl (C=O) groups is 1. The molecule has 0 atom stereocenters. The topological polar surface area (TPSA) is 42.0 Å². The summed E-state index contributed by atoms with van der Waals surface area (Å²) in [5.74, 6) is -0.534. The molecule has 3 nitrogen and oxygen atoms in total. The van der Waals surface area contributed by atoms with Gasteiger partial charge in [-0.2, -0.15) is 26.3 Å². The standard InChI is InChI=1S/C28H18F6N2O/c29-27(30,31)21-8-1-5-18(15-21)23(19-6-2-9-22(16-19)28(32,33)34)10-4-12-26(37)36-25-11-3-7-20-17-35-14-13-24(20)25/h1-17H,(H,36,37)/b12-4+. The fourth-order valence-electron chi connectivity index (χ4n) is 3.72. The van der Waals surface area contributed by atoms with Crippen molar-refractivity contribution in [3.63, 3.8) is 0 Å². The Morgan fingerprint density at radius 3 is 1.97 bits per heavy atom. The van der Waals surface area contributed by atoms with E-state index >= 15 is 0 Å². The number of aromatic nitrogens is 1. The molecule has 1 amide bonds. The van der Waals surface area contributed by atoms with Crippen LogP contribution in [-0.2, 0) is 17.1 Å². The third-order valence-electron chi connectivity index (χ3n) is 5.45. The van der Waals surface area contributed by atoms with E-state index in [2.05, 4.69) is 10.3 Å². The second-order valence-electron chi connectivity index (χ2n) is 7.99. The lowest BCUT2D eigenvalue weighted by atomic mass is 9.94. The molecule has 1 N–H and O–H groups in total. The van der Waals surface area contributed by atoms with Crippen molar-refractivity contribution >= 4 is 27.9 Å². The first kappa shape index (κ1) is 25.7. The maximum absolute atomic E-state index is 13.3. The lowest BCUT2D eigenvalue weighted by Crippen LogP contribution is -2.08. The highest BCUT2D eigenvalue weighted by atomic mass is 19.4. The number of benzene rings is 3. The quantitative estimate of drug-likeness (QED) is 0.168. The Hall–Kier alpha value is -4.40. The number of fused-ring (bicyclic) bond motifs is 1. The summed E-state index contributed by atoms with van der Waals surface area (Å²) in [6, 6.07) is 15.5. The zero-order valence-electron chi connectivity index (χ0n) is 18.9. The molecule has 3 aromatic carbocycles. The summed E-state index contributed by atoms with van der Waals surface area (Å²) in [7, 11) is 0. The molecule has 1 heterocycles. The fraction of sp³-hybridized carbons (Fsp3) is 0.0714. The van der Waals surface area contributed by atoms with Crippen molar-refractivity contribution in [2.24, 2.45) is 0 Å². The maximum atomic E-state index is 13.3. The molecule has 0 aliphatic heterocycles. The van der Waals surface area contributed by atoms with Crippen molar-refractivity contribution in [3.05, 3.63) is 126 Å². The van der Waals surface area contributed by atoms with E-state index in [-0.39, 0.29) is 16.7 Å². The van der Waals surface area contributed by atoms with Crippen molar-refractivity contribution in [1.82, 2.24) is 4.98 Å². The highest BCUT2D eigenvalue weighted by Crippen LogP contribution is 2.35. The van der Waals surface area contributed by atoms with Crippen LogP contribution in [0.3, 0.4) is 0 Å². The van der Waals surface area contributed by atoms with Crippen LogP contribution in [-0.4, -0.2) is 10.9 Å². The number of halogens is 6. The minimum Gasteiger partial charge on any atom is -0.322 e. The van der Waals surface area contributed by atoms with Gasteiger partial charge in [0.2, 0.25) is 5.91 Å². The van der Waals surface area contributed by atoms with Crippen molar-refractivity contribution in [2.45, 2.75) is 12.4 Å². The molecule has 0 bridgehead atoms. The van der Waals surface area contributed by atoms with Gasteiger partial charge in [0.25, 0.3) is 0 Å². The number of rotatable bonds is 5. The Balaban J connectivity index is 1.69. The average molecular weight is 512 g/mol. The number of alkyl halides is 6. The van der Waals surface area contributed by atoms with Crippen molar-refractivity contribution < 1.29 is 31.1 Å². The minimum atomic E-state index is -4.64. The van der Waals surface area contributed by atoms with E-state index in [9.17, 15) is 31.1 Å². The predicted molar refractivity (Wildman–Crippen MR) is 129 cm³/mol. The Labute approximate surface area is 207 Å². The van der Waals surface area contributed by atoms with E-state index < -0.39 is 29.4 Å². The first-order valence-electron chi connectivity index (χ1n) is 10.9. The molecule has 0 aliphatic carbocycles. The predicted octanol–water partition coefficient (Wildman–Crippen LogP) is 7.90. The van der Waals surface area contributed by atoms with E-state index in [0.717, 1.165) is 41.1 Å². The Morgan fingerprint density at radius 1 is 0.784 bits per heavy atom. The molecule has 37 heavy (non-hydrogen) atoms. The number of pyridine rings is 1. The molecule has 4 aromatic rings. The van der Waals surface area contributed by atoms with Gasteiger partial charge < -0.3 is 5.32 Å². The van der Waals surface area contributed by atoms with Gasteiger partial charge in [-0.05, 0) is 53.1 Å². The molecule has 0 saturated carbocycles. The van der Waals surface area contributed by atoms with Crippen LogP contribution >= 0.6 is 0 Å². The number of nitrogens with zero attached hydrogens (tertiary/aromatic N) is 1. The summed E-state index contributed by atoms with van der Waals surface area (Å²) in [5, 5.41) is 4.28. The number of allylic oxidation sites excluding steroid dienone is 2. The first-order chi connectivity index (χ1) is 17.5. The molecule has 0 saturated heterocycles. The highest BCUT2D eigenvalue weighted by molar-refractivity contribution is 6.06. The zero-order chi connectivity index (χ0) is 26.6. The molecule has 0 aliphatic rings. The smallest absolute Gasteiger partial charge is 0.322 e. The monoisotopic (exact) mass is 512 g/mol. The molecule has 4 rings (SSSR count). The molecular formula is C28H18F6N2O. The van der Waals surface area contributed by atoms with Gasteiger partial charge in [-0.1, -0.05) is 48.6 Å². The summed E-state index contributed by atoms with van der Waals surface area (Å²) >= 11 is 0. The van der Waals surface area contributed by atoms with Crippen LogP contribution in [0.5, 0.6) is 0 Å². The van der Waals surface area contributed by atoms with Gasteiger partial charge in [0.15, 0.2) is 0 Å². The van der Waals surface area contributed by atoms with Crippen LogP contribution in [0.1, 0.15) is 22.3 Å². The first-order valence-corrected chi connectivity index (χ1v) is 10.9. The zero-order valence-corrected chi connectivity index (χ0v) is 18.9. The molecule has 0 radical (unpaired) electrons. The summed E-state index contributed by atoms with van der Waals surface area (Å²) in [6.07, 6.45) is -2.35. The Morgan fingerprint density at radius 2 is 1.38 bits per heavy atom. The molecule has 0 spiro atoms. The molecule has 1 aromatic heterocycles. The number of anilines is 1. The van der Waals surface area contributed by atoms with Gasteiger partial charge in [0.05, 0.1) is 11.1 Å². The van der Waals surface area contributed by atoms with Crippen LogP contribution in [0, 0.1) is 0 Å². The van der Waals surface area contributed by atoms with Crippen molar-refractivity contribution in [3.8, 4) is 0 Å². The van der Waals surface area contributed by atoms with Crippen LogP contribution in [0.15, 0.2) is 103 Å². The van der Waals surface area contributed by atoms with E-state index in [1.165, 1.54) is 36.4 Å².